The smallest absolute Gasteiger partial charge is 0.339 e. The van der Waals surface area contributed by atoms with Crippen LogP contribution in [0.3, 0.4) is 0 Å². The molecule has 0 saturated carbocycles. The predicted octanol–water partition coefficient (Wildman–Crippen LogP) is 0.593. The molecule has 0 amide bonds. The number of thioether (sulfide) groups is 1. The lowest BCUT2D eigenvalue weighted by Crippen LogP contribution is -2.26. The van der Waals surface area contributed by atoms with Crippen LogP contribution in [0.4, 0.5) is 0 Å². The first kappa shape index (κ1) is 14.6. The Bertz CT molecular complexity index is 499. The fourth-order valence-corrected chi connectivity index (χ4v) is 3.11. The standard InChI is InChI=1S/C9H10N2O5S2/c1-3-4(2-5(12)13)17-9(11-3)18-7(10)6(14)8(15)16/h6,10,14H,2H2,1H3,(H,12,13)(H,15,16). The highest BCUT2D eigenvalue weighted by molar-refractivity contribution is 8.15. The second-order valence-corrected chi connectivity index (χ2v) is 5.64. The summed E-state index contributed by atoms with van der Waals surface area (Å²) in [6.45, 7) is 1.63. The molecule has 18 heavy (non-hydrogen) atoms. The van der Waals surface area contributed by atoms with Gasteiger partial charge >= 0.3 is 11.9 Å². The monoisotopic (exact) mass is 290 g/mol. The van der Waals surface area contributed by atoms with E-state index in [-0.39, 0.29) is 6.42 Å². The molecule has 0 aliphatic rings. The van der Waals surface area contributed by atoms with Gasteiger partial charge in [0.15, 0.2) is 10.4 Å². The molecule has 0 aliphatic heterocycles. The molecular formula is C9H10N2O5S2. The van der Waals surface area contributed by atoms with Gasteiger partial charge in [0.05, 0.1) is 12.1 Å². The molecular weight excluding hydrogens is 280 g/mol. The molecule has 0 aromatic carbocycles. The molecule has 9 heteroatoms. The lowest BCUT2D eigenvalue weighted by molar-refractivity contribution is -0.143. The van der Waals surface area contributed by atoms with Crippen LogP contribution in [-0.4, -0.2) is 43.4 Å². The SMILES string of the molecule is Cc1nc(SC(=N)C(O)C(=O)O)sc1CC(=O)O. The van der Waals surface area contributed by atoms with Crippen LogP contribution in [0, 0.1) is 12.3 Å². The topological polar surface area (TPSA) is 132 Å². The molecule has 1 atom stereocenters. The molecule has 0 fully saturated rings. The van der Waals surface area contributed by atoms with Gasteiger partial charge in [0.25, 0.3) is 0 Å². The van der Waals surface area contributed by atoms with Gasteiger partial charge in [0.1, 0.15) is 5.04 Å². The molecule has 7 nitrogen and oxygen atoms in total. The highest BCUT2D eigenvalue weighted by Crippen LogP contribution is 2.28. The number of carbonyl (C=O) groups is 2. The zero-order valence-electron chi connectivity index (χ0n) is 9.21. The normalized spacial score (nSPS) is 12.1. The van der Waals surface area contributed by atoms with Crippen molar-refractivity contribution in [3.8, 4) is 0 Å². The van der Waals surface area contributed by atoms with Crippen molar-refractivity contribution >= 4 is 40.1 Å². The molecule has 0 aliphatic carbocycles. The number of aliphatic hydroxyl groups is 1. The lowest BCUT2D eigenvalue weighted by atomic mass is 10.3. The zero-order chi connectivity index (χ0) is 13.9. The summed E-state index contributed by atoms with van der Waals surface area (Å²) < 4.78 is 0.342. The van der Waals surface area contributed by atoms with E-state index in [0.29, 0.717) is 26.7 Å². The van der Waals surface area contributed by atoms with Crippen molar-refractivity contribution in [3.05, 3.63) is 10.6 Å². The van der Waals surface area contributed by atoms with E-state index in [1.165, 1.54) is 0 Å². The third-order valence-electron chi connectivity index (χ3n) is 1.86. The third kappa shape index (κ3) is 3.79. The molecule has 4 N–H and O–H groups in total. The summed E-state index contributed by atoms with van der Waals surface area (Å²) in [6, 6.07) is 0. The molecule has 98 valence electrons. The maximum absolute atomic E-state index is 10.6. The molecule has 1 unspecified atom stereocenters. The number of hydrogen-bond donors (Lipinski definition) is 4. The third-order valence-corrected chi connectivity index (χ3v) is 4.03. The Morgan fingerprint density at radius 2 is 2.11 bits per heavy atom. The van der Waals surface area contributed by atoms with E-state index in [4.69, 9.17) is 20.7 Å². The summed E-state index contributed by atoms with van der Waals surface area (Å²) in [5.74, 6) is -2.49. The Labute approximate surface area is 110 Å². The van der Waals surface area contributed by atoms with Crippen molar-refractivity contribution in [3.63, 3.8) is 0 Å². The van der Waals surface area contributed by atoms with Gasteiger partial charge in [0, 0.05) is 4.88 Å². The number of aryl methyl sites for hydroxylation is 1. The summed E-state index contributed by atoms with van der Waals surface area (Å²) in [7, 11) is 0. The number of carboxylic acids is 2. The van der Waals surface area contributed by atoms with Crippen LogP contribution in [-0.2, 0) is 16.0 Å². The van der Waals surface area contributed by atoms with E-state index in [1.807, 2.05) is 0 Å². The van der Waals surface area contributed by atoms with Crippen LogP contribution >= 0.6 is 23.1 Å². The first-order valence-corrected chi connectivity index (χ1v) is 6.29. The maximum Gasteiger partial charge on any atom is 0.339 e. The molecule has 1 aromatic rings. The minimum atomic E-state index is -1.89. The molecule has 0 radical (unpaired) electrons. The Morgan fingerprint density at radius 3 is 2.61 bits per heavy atom. The van der Waals surface area contributed by atoms with Crippen LogP contribution in [0.15, 0.2) is 4.34 Å². The van der Waals surface area contributed by atoms with E-state index < -0.39 is 23.1 Å². The highest BCUT2D eigenvalue weighted by atomic mass is 32.2. The number of nitrogens with one attached hydrogen (secondary N) is 1. The number of carboxylic acid groups (broad SMARTS) is 2. The second kappa shape index (κ2) is 5.94. The van der Waals surface area contributed by atoms with Crippen LogP contribution in [0.2, 0.25) is 0 Å². The van der Waals surface area contributed by atoms with E-state index in [1.54, 1.807) is 6.92 Å². The fraction of sp³-hybridized carbons (Fsp3) is 0.333. The summed E-state index contributed by atoms with van der Waals surface area (Å²) >= 11 is 1.78. The largest absolute Gasteiger partial charge is 0.481 e. The van der Waals surface area contributed by atoms with Gasteiger partial charge in [-0.2, -0.15) is 0 Å². The Balaban J connectivity index is 2.77. The van der Waals surface area contributed by atoms with Crippen LogP contribution in [0.5, 0.6) is 0 Å². The van der Waals surface area contributed by atoms with Gasteiger partial charge < -0.3 is 15.3 Å². The number of nitrogens with zero attached hydrogens (tertiary/aromatic N) is 1. The number of thiazole rings is 1. The van der Waals surface area contributed by atoms with Crippen LogP contribution in [0.25, 0.3) is 0 Å². The van der Waals surface area contributed by atoms with Gasteiger partial charge in [-0.15, -0.1) is 11.3 Å². The van der Waals surface area contributed by atoms with Gasteiger partial charge in [-0.25, -0.2) is 9.78 Å². The molecule has 1 aromatic heterocycles. The average Bonchev–Trinajstić information content (AvgIpc) is 2.56. The number of rotatable bonds is 5. The number of hydrogen-bond acceptors (Lipinski definition) is 7. The van der Waals surface area contributed by atoms with E-state index >= 15 is 0 Å². The Kier molecular flexibility index (Phi) is 4.82. The van der Waals surface area contributed by atoms with Crippen molar-refractivity contribution < 1.29 is 24.9 Å². The van der Waals surface area contributed by atoms with E-state index in [9.17, 15) is 9.59 Å². The van der Waals surface area contributed by atoms with Gasteiger partial charge in [-0.1, -0.05) is 0 Å². The van der Waals surface area contributed by atoms with Crippen LogP contribution < -0.4 is 0 Å². The average molecular weight is 290 g/mol. The Hall–Kier alpha value is -1.45. The Morgan fingerprint density at radius 1 is 1.50 bits per heavy atom. The van der Waals surface area contributed by atoms with Gasteiger partial charge in [-0.3, -0.25) is 10.2 Å². The first-order chi connectivity index (χ1) is 8.31. The molecule has 0 bridgehead atoms. The molecule has 1 heterocycles. The van der Waals surface area contributed by atoms with Gasteiger partial charge in [0.2, 0.25) is 0 Å². The minimum absolute atomic E-state index is 0.168. The van der Waals surface area contributed by atoms with E-state index in [0.717, 1.165) is 11.3 Å². The predicted molar refractivity (Wildman–Crippen MR) is 65.4 cm³/mol. The highest BCUT2D eigenvalue weighted by Gasteiger charge is 2.22. The van der Waals surface area contributed by atoms with E-state index in [2.05, 4.69) is 4.98 Å². The fourth-order valence-electron chi connectivity index (χ4n) is 1.01. The molecule has 0 saturated heterocycles. The molecule has 0 spiro atoms. The lowest BCUT2D eigenvalue weighted by Gasteiger charge is -2.03. The first-order valence-electron chi connectivity index (χ1n) is 4.66. The van der Waals surface area contributed by atoms with Crippen LogP contribution in [0.1, 0.15) is 10.6 Å². The van der Waals surface area contributed by atoms with Crippen molar-refractivity contribution in [1.82, 2.24) is 4.98 Å². The zero-order valence-corrected chi connectivity index (χ0v) is 10.8. The maximum atomic E-state index is 10.6. The quantitative estimate of drug-likeness (QED) is 0.354. The number of aliphatic hydroxyl groups excluding tert-OH is 1. The number of aromatic nitrogens is 1. The van der Waals surface area contributed by atoms with Crippen molar-refractivity contribution in [2.45, 2.75) is 23.8 Å². The summed E-state index contributed by atoms with van der Waals surface area (Å²) in [5.41, 5.74) is 0.530. The summed E-state index contributed by atoms with van der Waals surface area (Å²) in [6.07, 6.45) is -2.05. The second-order valence-electron chi connectivity index (χ2n) is 3.27. The van der Waals surface area contributed by atoms with Crippen molar-refractivity contribution in [1.29, 1.82) is 5.41 Å². The van der Waals surface area contributed by atoms with Crippen molar-refractivity contribution in [2.24, 2.45) is 0 Å². The van der Waals surface area contributed by atoms with Crippen molar-refractivity contribution in [2.75, 3.05) is 0 Å². The molecule has 1 rings (SSSR count). The summed E-state index contributed by atoms with van der Waals surface area (Å²) in [5, 5.41) is 33.2. The number of aliphatic carboxylic acids is 2. The summed E-state index contributed by atoms with van der Waals surface area (Å²) in [4.78, 5) is 25.6. The van der Waals surface area contributed by atoms with Gasteiger partial charge in [-0.05, 0) is 18.7 Å². The minimum Gasteiger partial charge on any atom is -0.481 e.